The smallest absolute Gasteiger partial charge is 0.0129 e. The maximum absolute atomic E-state index is 2.30. The molecule has 0 fully saturated rings. The Morgan fingerprint density at radius 1 is 0.778 bits per heavy atom. The maximum Gasteiger partial charge on any atom is -0.0129 e. The van der Waals surface area contributed by atoms with Gasteiger partial charge in [-0.15, -0.1) is 0 Å². The van der Waals surface area contributed by atoms with Crippen molar-refractivity contribution in [3.8, 4) is 11.1 Å². The molecular formula is C18H22. The van der Waals surface area contributed by atoms with Crippen molar-refractivity contribution in [1.82, 2.24) is 0 Å². The van der Waals surface area contributed by atoms with Crippen molar-refractivity contribution < 1.29 is 0 Å². The van der Waals surface area contributed by atoms with Crippen LogP contribution in [0.15, 0.2) is 42.5 Å². The van der Waals surface area contributed by atoms with Crippen LogP contribution in [0.3, 0.4) is 0 Å². The predicted molar refractivity (Wildman–Crippen MR) is 80.1 cm³/mol. The van der Waals surface area contributed by atoms with E-state index >= 15 is 0 Å². The zero-order chi connectivity index (χ0) is 13.3. The van der Waals surface area contributed by atoms with Crippen molar-refractivity contribution in [2.24, 2.45) is 0 Å². The normalized spacial score (nSPS) is 11.6. The van der Waals surface area contributed by atoms with Gasteiger partial charge in [-0.1, -0.05) is 68.8 Å². The van der Waals surface area contributed by atoms with Crippen LogP contribution in [0.1, 0.15) is 37.5 Å². The lowest BCUT2D eigenvalue weighted by atomic mass is 9.83. The van der Waals surface area contributed by atoms with E-state index in [2.05, 4.69) is 77.1 Å². The van der Waals surface area contributed by atoms with Crippen molar-refractivity contribution in [3.63, 3.8) is 0 Å². The molecule has 0 N–H and O–H groups in total. The van der Waals surface area contributed by atoms with E-state index < -0.39 is 0 Å². The predicted octanol–water partition coefficient (Wildman–Crippen LogP) is 5.27. The highest BCUT2D eigenvalue weighted by molar-refractivity contribution is 5.65. The standard InChI is InChI=1S/C18H22/c1-13-7-6-8-15(11-13)16-9-10-17(14(2)12-16)18(3,4)5/h6-12H,1-5H3. The van der Waals surface area contributed by atoms with Gasteiger partial charge in [0.05, 0.1) is 0 Å². The van der Waals surface area contributed by atoms with Gasteiger partial charge in [0.1, 0.15) is 0 Å². The van der Waals surface area contributed by atoms with E-state index in [0.29, 0.717) is 0 Å². The molecule has 0 aromatic heterocycles. The Bertz CT molecular complexity index is 556. The molecule has 0 saturated heterocycles. The number of benzene rings is 2. The highest BCUT2D eigenvalue weighted by atomic mass is 14.2. The summed E-state index contributed by atoms with van der Waals surface area (Å²) in [4.78, 5) is 0. The Balaban J connectivity index is 2.47. The minimum Gasteiger partial charge on any atom is -0.0614 e. The number of hydrogen-bond donors (Lipinski definition) is 0. The van der Waals surface area contributed by atoms with E-state index in [1.165, 1.54) is 27.8 Å². The quantitative estimate of drug-likeness (QED) is 0.635. The SMILES string of the molecule is Cc1cccc(-c2ccc(C(C)(C)C)c(C)c2)c1. The molecule has 0 atom stereocenters. The highest BCUT2D eigenvalue weighted by Gasteiger charge is 2.16. The second kappa shape index (κ2) is 4.61. The van der Waals surface area contributed by atoms with Crippen molar-refractivity contribution in [2.45, 2.75) is 40.0 Å². The van der Waals surface area contributed by atoms with Gasteiger partial charge in [0.25, 0.3) is 0 Å². The summed E-state index contributed by atoms with van der Waals surface area (Å²) >= 11 is 0. The van der Waals surface area contributed by atoms with Gasteiger partial charge in [-0.05, 0) is 41.5 Å². The first-order valence-electron chi connectivity index (χ1n) is 6.56. The average Bonchev–Trinajstić information content (AvgIpc) is 2.27. The van der Waals surface area contributed by atoms with Crippen LogP contribution in [0.2, 0.25) is 0 Å². The van der Waals surface area contributed by atoms with Gasteiger partial charge < -0.3 is 0 Å². The van der Waals surface area contributed by atoms with Crippen LogP contribution in [0.5, 0.6) is 0 Å². The van der Waals surface area contributed by atoms with Crippen molar-refractivity contribution in [2.75, 3.05) is 0 Å². The van der Waals surface area contributed by atoms with Gasteiger partial charge in [-0.3, -0.25) is 0 Å². The summed E-state index contributed by atoms with van der Waals surface area (Å²) in [5, 5.41) is 0. The van der Waals surface area contributed by atoms with E-state index in [1.54, 1.807) is 0 Å². The van der Waals surface area contributed by atoms with Gasteiger partial charge in [0.15, 0.2) is 0 Å². The largest absolute Gasteiger partial charge is 0.0614 e. The molecule has 2 rings (SSSR count). The molecular weight excluding hydrogens is 216 g/mol. The molecule has 0 aliphatic carbocycles. The van der Waals surface area contributed by atoms with E-state index in [1.807, 2.05) is 0 Å². The first-order valence-corrected chi connectivity index (χ1v) is 6.56. The van der Waals surface area contributed by atoms with Gasteiger partial charge in [-0.2, -0.15) is 0 Å². The van der Waals surface area contributed by atoms with Crippen LogP contribution in [0.4, 0.5) is 0 Å². The summed E-state index contributed by atoms with van der Waals surface area (Å²) in [5.74, 6) is 0. The molecule has 0 aliphatic rings. The fourth-order valence-electron chi connectivity index (χ4n) is 2.51. The summed E-state index contributed by atoms with van der Waals surface area (Å²) in [5.41, 5.74) is 6.95. The van der Waals surface area contributed by atoms with Crippen molar-refractivity contribution in [3.05, 3.63) is 59.2 Å². The first-order chi connectivity index (χ1) is 8.38. The second-order valence-corrected chi connectivity index (χ2v) is 6.15. The monoisotopic (exact) mass is 238 g/mol. The van der Waals surface area contributed by atoms with Crippen LogP contribution >= 0.6 is 0 Å². The fourth-order valence-corrected chi connectivity index (χ4v) is 2.51. The Morgan fingerprint density at radius 2 is 1.44 bits per heavy atom. The fraction of sp³-hybridized carbons (Fsp3) is 0.333. The minimum atomic E-state index is 0.217. The van der Waals surface area contributed by atoms with E-state index in [0.717, 1.165) is 0 Å². The van der Waals surface area contributed by atoms with Crippen LogP contribution in [-0.4, -0.2) is 0 Å². The number of hydrogen-bond acceptors (Lipinski definition) is 0. The number of aryl methyl sites for hydroxylation is 2. The summed E-state index contributed by atoms with van der Waals surface area (Å²) in [6, 6.07) is 15.5. The molecule has 0 heteroatoms. The Morgan fingerprint density at radius 3 is 2.00 bits per heavy atom. The lowest BCUT2D eigenvalue weighted by molar-refractivity contribution is 0.586. The Kier molecular flexibility index (Phi) is 3.30. The summed E-state index contributed by atoms with van der Waals surface area (Å²) in [6.45, 7) is 11.1. The summed E-state index contributed by atoms with van der Waals surface area (Å²) < 4.78 is 0. The third-order valence-corrected chi connectivity index (χ3v) is 3.39. The van der Waals surface area contributed by atoms with Crippen LogP contribution in [-0.2, 0) is 5.41 Å². The van der Waals surface area contributed by atoms with Crippen molar-refractivity contribution in [1.29, 1.82) is 0 Å². The highest BCUT2D eigenvalue weighted by Crippen LogP contribution is 2.29. The molecule has 2 aromatic rings. The molecule has 0 heterocycles. The molecule has 0 radical (unpaired) electrons. The lowest BCUT2D eigenvalue weighted by Crippen LogP contribution is -2.12. The van der Waals surface area contributed by atoms with Crippen LogP contribution in [0.25, 0.3) is 11.1 Å². The first kappa shape index (κ1) is 12.9. The zero-order valence-electron chi connectivity index (χ0n) is 12.0. The van der Waals surface area contributed by atoms with Crippen LogP contribution < -0.4 is 0 Å². The van der Waals surface area contributed by atoms with Crippen LogP contribution in [0, 0.1) is 13.8 Å². The molecule has 0 unspecified atom stereocenters. The van der Waals surface area contributed by atoms with Crippen molar-refractivity contribution >= 4 is 0 Å². The average molecular weight is 238 g/mol. The molecule has 0 bridgehead atoms. The topological polar surface area (TPSA) is 0 Å². The Labute approximate surface area is 111 Å². The Hall–Kier alpha value is -1.56. The molecule has 18 heavy (non-hydrogen) atoms. The number of rotatable bonds is 1. The summed E-state index contributed by atoms with van der Waals surface area (Å²) in [7, 11) is 0. The zero-order valence-corrected chi connectivity index (χ0v) is 12.0. The third kappa shape index (κ3) is 2.64. The van der Waals surface area contributed by atoms with E-state index in [9.17, 15) is 0 Å². The minimum absolute atomic E-state index is 0.217. The van der Waals surface area contributed by atoms with Gasteiger partial charge in [0.2, 0.25) is 0 Å². The lowest BCUT2D eigenvalue weighted by Gasteiger charge is -2.22. The second-order valence-electron chi connectivity index (χ2n) is 6.15. The molecule has 0 aliphatic heterocycles. The molecule has 0 spiro atoms. The van der Waals surface area contributed by atoms with Gasteiger partial charge in [0, 0.05) is 0 Å². The molecule has 0 saturated carbocycles. The van der Waals surface area contributed by atoms with Gasteiger partial charge >= 0.3 is 0 Å². The molecule has 0 amide bonds. The van der Waals surface area contributed by atoms with E-state index in [4.69, 9.17) is 0 Å². The summed E-state index contributed by atoms with van der Waals surface area (Å²) in [6.07, 6.45) is 0. The maximum atomic E-state index is 2.30. The third-order valence-electron chi connectivity index (χ3n) is 3.39. The molecule has 94 valence electrons. The van der Waals surface area contributed by atoms with E-state index in [-0.39, 0.29) is 5.41 Å². The molecule has 2 aromatic carbocycles. The van der Waals surface area contributed by atoms with Gasteiger partial charge in [-0.25, -0.2) is 0 Å². The molecule has 0 nitrogen and oxygen atoms in total.